The SMILES string of the molecule is Brc1cnc2nc(-c3ccccc3)cnc2c1. The van der Waals surface area contributed by atoms with Gasteiger partial charge in [0.25, 0.3) is 0 Å². The highest BCUT2D eigenvalue weighted by molar-refractivity contribution is 9.10. The Hall–Kier alpha value is -1.81. The van der Waals surface area contributed by atoms with Crippen LogP contribution in [0.2, 0.25) is 0 Å². The number of halogens is 1. The lowest BCUT2D eigenvalue weighted by atomic mass is 10.2. The maximum Gasteiger partial charge on any atom is 0.178 e. The van der Waals surface area contributed by atoms with Crippen LogP contribution in [0.5, 0.6) is 0 Å². The van der Waals surface area contributed by atoms with Crippen molar-refractivity contribution < 1.29 is 0 Å². The van der Waals surface area contributed by atoms with Gasteiger partial charge in [0.1, 0.15) is 5.52 Å². The van der Waals surface area contributed by atoms with E-state index >= 15 is 0 Å². The third kappa shape index (κ3) is 2.03. The smallest absolute Gasteiger partial charge is 0.178 e. The third-order valence-electron chi connectivity index (χ3n) is 2.44. The fraction of sp³-hybridized carbons (Fsp3) is 0. The first-order valence-corrected chi connectivity index (χ1v) is 5.96. The monoisotopic (exact) mass is 285 g/mol. The van der Waals surface area contributed by atoms with Crippen LogP contribution in [-0.2, 0) is 0 Å². The van der Waals surface area contributed by atoms with Crippen molar-refractivity contribution in [1.29, 1.82) is 0 Å². The van der Waals surface area contributed by atoms with Gasteiger partial charge in [0.15, 0.2) is 5.65 Å². The van der Waals surface area contributed by atoms with Crippen LogP contribution >= 0.6 is 15.9 Å². The molecule has 0 aliphatic heterocycles. The van der Waals surface area contributed by atoms with E-state index < -0.39 is 0 Å². The molecule has 4 heteroatoms. The number of hydrogen-bond acceptors (Lipinski definition) is 3. The van der Waals surface area contributed by atoms with E-state index in [9.17, 15) is 0 Å². The molecule has 0 N–H and O–H groups in total. The molecule has 2 heterocycles. The van der Waals surface area contributed by atoms with Gasteiger partial charge in [-0.3, -0.25) is 4.98 Å². The van der Waals surface area contributed by atoms with Crippen molar-refractivity contribution in [1.82, 2.24) is 15.0 Å². The quantitative estimate of drug-likeness (QED) is 0.687. The van der Waals surface area contributed by atoms with Gasteiger partial charge in [-0.05, 0) is 22.0 Å². The minimum Gasteiger partial charge on any atom is -0.251 e. The first-order valence-electron chi connectivity index (χ1n) is 5.17. The van der Waals surface area contributed by atoms with Gasteiger partial charge < -0.3 is 0 Å². The lowest BCUT2D eigenvalue weighted by Gasteiger charge is -2.01. The molecule has 17 heavy (non-hydrogen) atoms. The zero-order chi connectivity index (χ0) is 11.7. The maximum atomic E-state index is 4.49. The second kappa shape index (κ2) is 4.22. The molecule has 0 amide bonds. The summed E-state index contributed by atoms with van der Waals surface area (Å²) in [6.45, 7) is 0. The average molecular weight is 286 g/mol. The second-order valence-electron chi connectivity index (χ2n) is 3.62. The minimum absolute atomic E-state index is 0.662. The van der Waals surface area contributed by atoms with E-state index in [4.69, 9.17) is 0 Å². The summed E-state index contributed by atoms with van der Waals surface area (Å²) in [5.41, 5.74) is 3.34. The zero-order valence-electron chi connectivity index (χ0n) is 8.84. The van der Waals surface area contributed by atoms with Gasteiger partial charge in [-0.25, -0.2) is 9.97 Å². The van der Waals surface area contributed by atoms with E-state index in [-0.39, 0.29) is 0 Å². The second-order valence-corrected chi connectivity index (χ2v) is 4.53. The van der Waals surface area contributed by atoms with E-state index in [1.165, 1.54) is 0 Å². The number of aromatic nitrogens is 3. The summed E-state index contributed by atoms with van der Waals surface area (Å²) in [5, 5.41) is 0. The fourth-order valence-corrected chi connectivity index (χ4v) is 1.94. The van der Waals surface area contributed by atoms with Crippen LogP contribution in [-0.4, -0.2) is 15.0 Å². The Bertz CT molecular complexity index is 668. The molecule has 3 rings (SSSR count). The maximum absolute atomic E-state index is 4.49. The van der Waals surface area contributed by atoms with Crippen LogP contribution in [0.25, 0.3) is 22.4 Å². The van der Waals surface area contributed by atoms with Crippen molar-refractivity contribution >= 4 is 27.1 Å². The third-order valence-corrected chi connectivity index (χ3v) is 2.87. The number of fused-ring (bicyclic) bond motifs is 1. The van der Waals surface area contributed by atoms with Gasteiger partial charge in [0.2, 0.25) is 0 Å². The summed E-state index contributed by atoms with van der Waals surface area (Å²) in [7, 11) is 0. The Balaban J connectivity index is 2.17. The number of rotatable bonds is 1. The molecule has 0 aliphatic carbocycles. The van der Waals surface area contributed by atoms with Gasteiger partial charge >= 0.3 is 0 Å². The van der Waals surface area contributed by atoms with E-state index in [1.807, 2.05) is 36.4 Å². The Labute approximate surface area is 107 Å². The lowest BCUT2D eigenvalue weighted by Crippen LogP contribution is -1.90. The molecule has 2 aromatic heterocycles. The van der Waals surface area contributed by atoms with Gasteiger partial charge in [-0.2, -0.15) is 0 Å². The van der Waals surface area contributed by atoms with Crippen molar-refractivity contribution in [3.05, 3.63) is 53.3 Å². The molecule has 0 saturated carbocycles. The van der Waals surface area contributed by atoms with E-state index in [1.54, 1.807) is 12.4 Å². The molecule has 0 atom stereocenters. The predicted molar refractivity (Wildman–Crippen MR) is 70.5 cm³/mol. The molecule has 1 aromatic carbocycles. The zero-order valence-corrected chi connectivity index (χ0v) is 10.4. The molecule has 3 nitrogen and oxygen atoms in total. The Morgan fingerprint density at radius 2 is 1.76 bits per heavy atom. The van der Waals surface area contributed by atoms with Crippen LogP contribution in [0.15, 0.2) is 53.3 Å². The van der Waals surface area contributed by atoms with Crippen LogP contribution in [0.1, 0.15) is 0 Å². The van der Waals surface area contributed by atoms with Crippen molar-refractivity contribution in [3.63, 3.8) is 0 Å². The summed E-state index contributed by atoms with van der Waals surface area (Å²) >= 11 is 3.37. The molecule has 0 saturated heterocycles. The van der Waals surface area contributed by atoms with Crippen molar-refractivity contribution in [2.45, 2.75) is 0 Å². The molecule has 0 aliphatic rings. The van der Waals surface area contributed by atoms with E-state index in [0.717, 1.165) is 21.2 Å². The highest BCUT2D eigenvalue weighted by Crippen LogP contribution is 2.19. The Morgan fingerprint density at radius 1 is 0.941 bits per heavy atom. The number of benzene rings is 1. The van der Waals surface area contributed by atoms with Gasteiger partial charge in [-0.1, -0.05) is 30.3 Å². The van der Waals surface area contributed by atoms with Crippen molar-refractivity contribution in [2.75, 3.05) is 0 Å². The van der Waals surface area contributed by atoms with E-state index in [0.29, 0.717) is 5.65 Å². The largest absolute Gasteiger partial charge is 0.251 e. The summed E-state index contributed by atoms with van der Waals surface area (Å²) in [5.74, 6) is 0. The molecule has 0 unspecified atom stereocenters. The molecule has 82 valence electrons. The number of pyridine rings is 1. The molecular weight excluding hydrogens is 278 g/mol. The van der Waals surface area contributed by atoms with Crippen LogP contribution < -0.4 is 0 Å². The summed E-state index contributed by atoms with van der Waals surface area (Å²) in [6, 6.07) is 11.9. The number of nitrogens with zero attached hydrogens (tertiary/aromatic N) is 3. The molecule has 0 radical (unpaired) electrons. The standard InChI is InChI=1S/C13H8BrN3/c14-10-6-11-13(16-7-10)17-12(8-15-11)9-4-2-1-3-5-9/h1-8H. The molecular formula is C13H8BrN3. The summed E-state index contributed by atoms with van der Waals surface area (Å²) in [6.07, 6.45) is 3.50. The summed E-state index contributed by atoms with van der Waals surface area (Å²) in [4.78, 5) is 13.1. The molecule has 0 spiro atoms. The predicted octanol–water partition coefficient (Wildman–Crippen LogP) is 3.45. The summed E-state index contributed by atoms with van der Waals surface area (Å²) < 4.78 is 0.909. The number of hydrogen-bond donors (Lipinski definition) is 0. The highest BCUT2D eigenvalue weighted by Gasteiger charge is 2.03. The molecule has 0 bridgehead atoms. The van der Waals surface area contributed by atoms with Crippen LogP contribution in [0.3, 0.4) is 0 Å². The van der Waals surface area contributed by atoms with Crippen molar-refractivity contribution in [3.8, 4) is 11.3 Å². The Kier molecular flexibility index (Phi) is 2.57. The lowest BCUT2D eigenvalue weighted by molar-refractivity contribution is 1.22. The molecule has 3 aromatic rings. The topological polar surface area (TPSA) is 38.7 Å². The minimum atomic E-state index is 0.662. The average Bonchev–Trinajstić information content (AvgIpc) is 2.39. The van der Waals surface area contributed by atoms with Gasteiger partial charge in [0.05, 0.1) is 11.9 Å². The van der Waals surface area contributed by atoms with Gasteiger partial charge in [0, 0.05) is 16.2 Å². The van der Waals surface area contributed by atoms with Crippen LogP contribution in [0, 0.1) is 0 Å². The fourth-order valence-electron chi connectivity index (χ4n) is 1.62. The van der Waals surface area contributed by atoms with Crippen LogP contribution in [0.4, 0.5) is 0 Å². The van der Waals surface area contributed by atoms with Gasteiger partial charge in [-0.15, -0.1) is 0 Å². The molecule has 0 fully saturated rings. The highest BCUT2D eigenvalue weighted by atomic mass is 79.9. The van der Waals surface area contributed by atoms with Crippen molar-refractivity contribution in [2.24, 2.45) is 0 Å². The first-order chi connectivity index (χ1) is 8.33. The Morgan fingerprint density at radius 3 is 2.59 bits per heavy atom. The van der Waals surface area contributed by atoms with E-state index in [2.05, 4.69) is 30.9 Å². The normalized spacial score (nSPS) is 10.6. The first kappa shape index (κ1) is 10.4.